The van der Waals surface area contributed by atoms with Crippen LogP contribution in [0.5, 0.6) is 0 Å². The van der Waals surface area contributed by atoms with Gasteiger partial charge in [0.1, 0.15) is 5.82 Å². The minimum atomic E-state index is -1.28. The third kappa shape index (κ3) is 2.23. The highest BCUT2D eigenvalue weighted by Gasteiger charge is 2.63. The van der Waals surface area contributed by atoms with Crippen LogP contribution < -0.4 is 4.90 Å². The van der Waals surface area contributed by atoms with E-state index in [0.29, 0.717) is 24.3 Å². The number of hydrogen-bond donors (Lipinski definition) is 0. The molecule has 0 bridgehead atoms. The van der Waals surface area contributed by atoms with Crippen LogP contribution >= 0.6 is 11.8 Å². The summed E-state index contributed by atoms with van der Waals surface area (Å²) in [5.41, 5.74) is 1.18. The van der Waals surface area contributed by atoms with Crippen LogP contribution in [-0.4, -0.2) is 34.6 Å². The number of fused-ring (bicyclic) bond motifs is 2. The SMILES string of the molecule is CCN1C(=O)[C@]2(SC(C)(C)CN2C(=O)c2ccco2)c2cc(F)ccc21. The molecule has 4 rings (SSSR count). The largest absolute Gasteiger partial charge is 0.459 e. The van der Waals surface area contributed by atoms with Gasteiger partial charge in [0.25, 0.3) is 11.8 Å². The van der Waals surface area contributed by atoms with Gasteiger partial charge >= 0.3 is 0 Å². The molecule has 0 unspecified atom stereocenters. The fourth-order valence-electron chi connectivity index (χ4n) is 3.82. The summed E-state index contributed by atoms with van der Waals surface area (Å²) in [6.07, 6.45) is 1.43. The Labute approximate surface area is 155 Å². The van der Waals surface area contributed by atoms with Crippen LogP contribution in [0.15, 0.2) is 41.0 Å². The van der Waals surface area contributed by atoms with Crippen molar-refractivity contribution < 1.29 is 18.4 Å². The molecule has 0 saturated carbocycles. The van der Waals surface area contributed by atoms with Crippen LogP contribution in [0.3, 0.4) is 0 Å². The molecular weight excluding hydrogens is 355 g/mol. The van der Waals surface area contributed by atoms with E-state index >= 15 is 0 Å². The van der Waals surface area contributed by atoms with E-state index in [9.17, 15) is 14.0 Å². The Bertz CT molecular complexity index is 896. The Kier molecular flexibility index (Phi) is 3.70. The van der Waals surface area contributed by atoms with E-state index in [1.807, 2.05) is 20.8 Å². The lowest BCUT2D eigenvalue weighted by molar-refractivity contribution is -0.123. The molecule has 0 N–H and O–H groups in total. The fourth-order valence-corrected chi connectivity index (χ4v) is 5.55. The Balaban J connectivity index is 1.93. The number of halogens is 1. The standard InChI is InChI=1S/C19H19FN2O3S/c1-4-21-14-8-7-12(20)10-13(14)19(17(21)24)22(11-18(2,3)26-19)16(23)15-6-5-9-25-15/h5-10H,4,11H2,1-3H3/t19-/m1/s1. The van der Waals surface area contributed by atoms with Crippen LogP contribution in [0.1, 0.15) is 36.9 Å². The molecule has 3 heterocycles. The maximum Gasteiger partial charge on any atom is 0.291 e. The zero-order valence-electron chi connectivity index (χ0n) is 14.8. The van der Waals surface area contributed by atoms with E-state index in [1.165, 1.54) is 35.1 Å². The van der Waals surface area contributed by atoms with Crippen LogP contribution in [0, 0.1) is 5.82 Å². The summed E-state index contributed by atoms with van der Waals surface area (Å²) in [6.45, 7) is 6.64. The van der Waals surface area contributed by atoms with Gasteiger partial charge < -0.3 is 14.2 Å². The molecule has 2 aromatic rings. The molecule has 1 aromatic heterocycles. The average molecular weight is 374 g/mol. The number of carbonyl (C=O) groups excluding carboxylic acids is 2. The number of carbonyl (C=O) groups is 2. The second-order valence-electron chi connectivity index (χ2n) is 7.09. The van der Waals surface area contributed by atoms with Crippen molar-refractivity contribution in [3.8, 4) is 0 Å². The molecule has 5 nitrogen and oxygen atoms in total. The summed E-state index contributed by atoms with van der Waals surface area (Å²) in [5, 5.41) is 0. The van der Waals surface area contributed by atoms with Crippen molar-refractivity contribution in [3.63, 3.8) is 0 Å². The number of rotatable bonds is 2. The smallest absolute Gasteiger partial charge is 0.291 e. The van der Waals surface area contributed by atoms with Crippen molar-refractivity contribution in [1.82, 2.24) is 4.90 Å². The molecule has 2 amide bonds. The maximum absolute atomic E-state index is 14.1. The topological polar surface area (TPSA) is 53.8 Å². The monoisotopic (exact) mass is 374 g/mol. The number of hydrogen-bond acceptors (Lipinski definition) is 4. The lowest BCUT2D eigenvalue weighted by atomic mass is 10.0. The summed E-state index contributed by atoms with van der Waals surface area (Å²) in [4.78, 5) is 28.5. The highest BCUT2D eigenvalue weighted by Crippen LogP contribution is 2.59. The highest BCUT2D eigenvalue weighted by molar-refractivity contribution is 8.02. The molecule has 0 aliphatic carbocycles. The highest BCUT2D eigenvalue weighted by atomic mass is 32.2. The summed E-state index contributed by atoms with van der Waals surface area (Å²) in [7, 11) is 0. The Morgan fingerprint density at radius 3 is 2.77 bits per heavy atom. The van der Waals surface area contributed by atoms with Gasteiger partial charge in [0.2, 0.25) is 0 Å². The lowest BCUT2D eigenvalue weighted by Gasteiger charge is -2.32. The van der Waals surface area contributed by atoms with Crippen molar-refractivity contribution in [2.75, 3.05) is 18.0 Å². The summed E-state index contributed by atoms with van der Waals surface area (Å²) in [6, 6.07) is 7.55. The zero-order valence-corrected chi connectivity index (χ0v) is 15.6. The molecule has 1 aromatic carbocycles. The van der Waals surface area contributed by atoms with Gasteiger partial charge in [-0.15, -0.1) is 11.8 Å². The average Bonchev–Trinajstić information content (AvgIpc) is 3.26. The maximum atomic E-state index is 14.1. The quantitative estimate of drug-likeness (QED) is 0.806. The number of furan rings is 1. The minimum Gasteiger partial charge on any atom is -0.459 e. The van der Waals surface area contributed by atoms with Crippen molar-refractivity contribution >= 4 is 29.3 Å². The first-order valence-corrected chi connectivity index (χ1v) is 9.29. The van der Waals surface area contributed by atoms with Gasteiger partial charge in [-0.3, -0.25) is 9.59 Å². The summed E-state index contributed by atoms with van der Waals surface area (Å²) in [5.74, 6) is -0.835. The minimum absolute atomic E-state index is 0.170. The van der Waals surface area contributed by atoms with Gasteiger partial charge in [0, 0.05) is 23.4 Å². The zero-order chi connectivity index (χ0) is 18.7. The molecule has 1 saturated heterocycles. The number of benzene rings is 1. The molecule has 2 aliphatic rings. The molecular formula is C19H19FN2O3S. The Hall–Kier alpha value is -2.28. The van der Waals surface area contributed by atoms with Gasteiger partial charge in [0.15, 0.2) is 10.6 Å². The Morgan fingerprint density at radius 2 is 2.12 bits per heavy atom. The first-order valence-electron chi connectivity index (χ1n) is 8.48. The fraction of sp³-hybridized carbons (Fsp3) is 0.368. The molecule has 7 heteroatoms. The number of thioether (sulfide) groups is 1. The van der Waals surface area contributed by atoms with Gasteiger partial charge in [-0.2, -0.15) is 0 Å². The molecule has 1 atom stereocenters. The van der Waals surface area contributed by atoms with E-state index < -0.39 is 10.7 Å². The molecule has 2 aliphatic heterocycles. The first-order chi connectivity index (χ1) is 12.3. The first kappa shape index (κ1) is 17.1. The van der Waals surface area contributed by atoms with Crippen molar-refractivity contribution in [3.05, 3.63) is 53.7 Å². The van der Waals surface area contributed by atoms with Crippen LogP contribution in [-0.2, 0) is 9.67 Å². The third-order valence-electron chi connectivity index (χ3n) is 4.79. The second-order valence-corrected chi connectivity index (χ2v) is 8.99. The normalized spacial score (nSPS) is 23.8. The summed E-state index contributed by atoms with van der Waals surface area (Å²) >= 11 is 1.40. The predicted molar refractivity (Wildman–Crippen MR) is 97.5 cm³/mol. The van der Waals surface area contributed by atoms with E-state index in [0.717, 1.165) is 0 Å². The number of likely N-dealkylation sites (N-methyl/N-ethyl adjacent to an activating group) is 1. The second kappa shape index (κ2) is 5.61. The van der Waals surface area contributed by atoms with Crippen molar-refractivity contribution in [2.24, 2.45) is 0 Å². The van der Waals surface area contributed by atoms with E-state index in [2.05, 4.69) is 0 Å². The number of amides is 2. The lowest BCUT2D eigenvalue weighted by Crippen LogP contribution is -2.50. The molecule has 1 spiro atoms. The van der Waals surface area contributed by atoms with Gasteiger partial charge in [-0.1, -0.05) is 0 Å². The van der Waals surface area contributed by atoms with Gasteiger partial charge in [-0.25, -0.2) is 4.39 Å². The molecule has 136 valence electrons. The van der Waals surface area contributed by atoms with Crippen LogP contribution in [0.2, 0.25) is 0 Å². The van der Waals surface area contributed by atoms with Crippen molar-refractivity contribution in [1.29, 1.82) is 0 Å². The van der Waals surface area contributed by atoms with Crippen LogP contribution in [0.25, 0.3) is 0 Å². The van der Waals surface area contributed by atoms with Crippen LogP contribution in [0.4, 0.5) is 10.1 Å². The molecule has 26 heavy (non-hydrogen) atoms. The van der Waals surface area contributed by atoms with E-state index in [1.54, 1.807) is 23.1 Å². The van der Waals surface area contributed by atoms with E-state index in [-0.39, 0.29) is 22.3 Å². The van der Waals surface area contributed by atoms with E-state index in [4.69, 9.17) is 4.42 Å². The predicted octanol–water partition coefficient (Wildman–Crippen LogP) is 3.61. The molecule has 1 fully saturated rings. The number of anilines is 1. The molecule has 0 radical (unpaired) electrons. The van der Waals surface area contributed by atoms with Gasteiger partial charge in [0.05, 0.1) is 12.0 Å². The Morgan fingerprint density at radius 1 is 1.35 bits per heavy atom. The number of nitrogens with zero attached hydrogens (tertiary/aromatic N) is 2. The third-order valence-corrected chi connectivity index (χ3v) is 6.38. The summed E-state index contributed by atoms with van der Waals surface area (Å²) < 4.78 is 19.0. The van der Waals surface area contributed by atoms with Crippen molar-refractivity contribution in [2.45, 2.75) is 30.4 Å². The van der Waals surface area contributed by atoms with Gasteiger partial charge in [-0.05, 0) is 51.1 Å².